The predicted molar refractivity (Wildman–Crippen MR) is 466 cm³/mol. The summed E-state index contributed by atoms with van der Waals surface area (Å²) in [5, 5.41) is 14.2. The van der Waals surface area contributed by atoms with Gasteiger partial charge in [0.1, 0.15) is 19.8 Å². The van der Waals surface area contributed by atoms with Crippen LogP contribution >= 0.6 is 11.3 Å². The van der Waals surface area contributed by atoms with E-state index in [1.165, 1.54) is 19.7 Å². The summed E-state index contributed by atoms with van der Waals surface area (Å²) in [5.74, 6) is 0. The molecular formula is C94H122N8O11S3. The second-order valence-corrected chi connectivity index (χ2v) is 36.5. The summed E-state index contributed by atoms with van der Waals surface area (Å²) >= 11 is 1.63. The summed E-state index contributed by atoms with van der Waals surface area (Å²) in [6, 6.07) is 67.6. The van der Waals surface area contributed by atoms with Crippen molar-refractivity contribution in [1.82, 2.24) is 38.0 Å². The normalized spacial score (nSPS) is 16.3. The lowest BCUT2D eigenvalue weighted by molar-refractivity contribution is 0.0634. The average Bonchev–Trinajstić information content (AvgIpc) is 0.874. The number of ether oxygens (including phenoxy) is 3. The molecule has 3 fully saturated rings. The molecule has 0 aliphatic carbocycles. The molecule has 0 saturated carbocycles. The Morgan fingerprint density at radius 1 is 0.431 bits per heavy atom. The van der Waals surface area contributed by atoms with Gasteiger partial charge in [0.15, 0.2) is 0 Å². The maximum absolute atomic E-state index is 13.4. The van der Waals surface area contributed by atoms with Crippen LogP contribution in [0.5, 0.6) is 0 Å². The second-order valence-electron chi connectivity index (χ2n) is 31.6. The maximum Gasteiger partial charge on any atom is 0.410 e. The lowest BCUT2D eigenvalue weighted by Gasteiger charge is -2.40. The molecule has 0 radical (unpaired) electrons. The van der Waals surface area contributed by atoms with E-state index >= 15 is 0 Å². The van der Waals surface area contributed by atoms with Crippen molar-refractivity contribution in [3.05, 3.63) is 300 Å². The Kier molecular flexibility index (Phi) is 35.3. The number of sulfonamides is 2. The van der Waals surface area contributed by atoms with Crippen LogP contribution in [0.4, 0.5) is 14.4 Å². The monoisotopic (exact) mass is 1630 g/mol. The highest BCUT2D eigenvalue weighted by molar-refractivity contribution is 7.89. The fourth-order valence-corrected chi connectivity index (χ4v) is 19.0. The number of carbonyl (C=O) groups excluding carboxylic acids is 3. The molecular weight excluding hydrogens is 1510 g/mol. The van der Waals surface area contributed by atoms with Gasteiger partial charge >= 0.3 is 18.3 Å². The molecule has 0 bridgehead atoms. The van der Waals surface area contributed by atoms with Gasteiger partial charge in [-0.1, -0.05) is 227 Å². The molecule has 3 atom stereocenters. The first-order chi connectivity index (χ1) is 55.9. The largest absolute Gasteiger partial charge is 0.445 e. The van der Waals surface area contributed by atoms with Gasteiger partial charge in [0.25, 0.3) is 0 Å². The molecule has 7 aromatic carbocycles. The highest BCUT2D eigenvalue weighted by Crippen LogP contribution is 2.36. The van der Waals surface area contributed by atoms with E-state index in [1.807, 2.05) is 145 Å². The second kappa shape index (κ2) is 45.0. The molecule has 4 heterocycles. The molecule has 3 unspecified atom stereocenters. The van der Waals surface area contributed by atoms with Crippen LogP contribution in [-0.4, -0.2) is 209 Å². The minimum Gasteiger partial charge on any atom is -0.445 e. The van der Waals surface area contributed by atoms with Gasteiger partial charge in [-0.3, -0.25) is 0 Å². The summed E-state index contributed by atoms with van der Waals surface area (Å²) in [6.45, 7) is 31.0. The summed E-state index contributed by atoms with van der Waals surface area (Å²) in [6.07, 6.45) is 12.1. The number of nitrogens with zero attached hydrogens (tertiary/aromatic N) is 8. The van der Waals surface area contributed by atoms with Crippen molar-refractivity contribution in [2.75, 3.05) is 112 Å². The summed E-state index contributed by atoms with van der Waals surface area (Å²) in [5.41, 5.74) is 6.57. The van der Waals surface area contributed by atoms with Gasteiger partial charge in [0.2, 0.25) is 20.0 Å². The number of rotatable bonds is 36. The highest BCUT2D eigenvalue weighted by Gasteiger charge is 2.39. The molecule has 1 N–H and O–H groups in total. The standard InChI is InChI=1S/C35H45N3O4S.C32H41N3O4S2.C27H36N2O3/c1-5-23-38(34(39)42-27-30-18-16-29(2)17-19-30)32-20-24-37(25-21-32)26-22-35(3,31-12-8-6-9-13-31)28-36(4)43(40,41)33-14-10-7-11-15-33;1-4-19-35(31(36)39-24-27-11-7-5-8-12-27)29-15-20-34(21-16-29)22-18-32(2,28-17-23-40-25-28)26-33(3)41(37,38)30-13-9-6-10-14-30;1-3-17-29(26(31)32-21-23-10-6-4-7-11-23)25-14-18-28(19-15-25)20-16-27(2,22-30)24-12-8-5-9-13-24/h5-19,32H,1,20-28H2,2-4H3;4-14,17,23,25,29H,1,15-16,18-22,24,26H2,2-3H3;3-13,25,30H,1,14-22H2,2H3. The molecule has 19 nitrogen and oxygen atoms in total. The average molecular weight is 1640 g/mol. The van der Waals surface area contributed by atoms with Crippen LogP contribution in [0, 0.1) is 6.92 Å². The predicted octanol–water partition coefficient (Wildman–Crippen LogP) is 16.9. The van der Waals surface area contributed by atoms with Crippen molar-refractivity contribution >= 4 is 49.7 Å². The number of thiophene rings is 1. The third-order valence-corrected chi connectivity index (χ3v) is 27.4. The van der Waals surface area contributed by atoms with E-state index in [2.05, 4.69) is 96.3 Å². The fraction of sp³-hybridized carbons (Fsp3) is 0.415. The molecule has 622 valence electrons. The third kappa shape index (κ3) is 26.5. The maximum atomic E-state index is 13.4. The number of hydrogen-bond acceptors (Lipinski definition) is 15. The molecule has 3 amide bonds. The number of hydrogen-bond donors (Lipinski definition) is 1. The molecule has 0 spiro atoms. The zero-order chi connectivity index (χ0) is 83.0. The van der Waals surface area contributed by atoms with E-state index in [4.69, 9.17) is 14.2 Å². The minimum atomic E-state index is -3.62. The number of likely N-dealkylation sites (N-methyl/N-ethyl adjacent to an activating group) is 2. The third-order valence-electron chi connectivity index (χ3n) is 23.1. The number of likely N-dealkylation sites (tertiary alicyclic amines) is 3. The number of aryl methyl sites for hydroxylation is 1. The Hall–Kier alpha value is -9.07. The van der Waals surface area contributed by atoms with Gasteiger partial charge in [0, 0.05) is 120 Å². The fourth-order valence-electron chi connectivity index (χ4n) is 15.6. The Morgan fingerprint density at radius 3 is 1.03 bits per heavy atom. The quantitative estimate of drug-likeness (QED) is 0.0288. The highest BCUT2D eigenvalue weighted by atomic mass is 32.2. The van der Waals surface area contributed by atoms with E-state index in [1.54, 1.807) is 102 Å². The lowest BCUT2D eigenvalue weighted by Crippen LogP contribution is -2.48. The van der Waals surface area contributed by atoms with Crippen molar-refractivity contribution in [3.63, 3.8) is 0 Å². The molecule has 3 aliphatic heterocycles. The molecule has 11 rings (SSSR count). The lowest BCUT2D eigenvalue weighted by atomic mass is 9.79. The number of aliphatic hydroxyl groups excluding tert-OH is 1. The van der Waals surface area contributed by atoms with Crippen LogP contribution in [0.3, 0.4) is 0 Å². The molecule has 1 aromatic heterocycles. The van der Waals surface area contributed by atoms with Gasteiger partial charge in [-0.2, -0.15) is 11.3 Å². The molecule has 3 saturated heterocycles. The Labute approximate surface area is 695 Å². The number of piperidine rings is 3. The zero-order valence-electron chi connectivity index (χ0n) is 68.9. The first-order valence-corrected chi connectivity index (χ1v) is 44.4. The molecule has 22 heteroatoms. The van der Waals surface area contributed by atoms with E-state index in [9.17, 15) is 36.3 Å². The van der Waals surface area contributed by atoms with Gasteiger partial charge in [-0.15, -0.1) is 19.7 Å². The van der Waals surface area contributed by atoms with Crippen molar-refractivity contribution in [2.45, 2.75) is 149 Å². The van der Waals surface area contributed by atoms with Crippen LogP contribution in [0.2, 0.25) is 0 Å². The summed E-state index contributed by atoms with van der Waals surface area (Å²) < 4.78 is 73.1. The van der Waals surface area contributed by atoms with Crippen LogP contribution in [0.25, 0.3) is 0 Å². The van der Waals surface area contributed by atoms with Crippen LogP contribution in [0.1, 0.15) is 118 Å². The summed E-state index contributed by atoms with van der Waals surface area (Å²) in [7, 11) is -3.87. The number of amides is 3. The van der Waals surface area contributed by atoms with Gasteiger partial charge in [0.05, 0.1) is 16.4 Å². The summed E-state index contributed by atoms with van der Waals surface area (Å²) in [4.78, 5) is 52.1. The van der Waals surface area contributed by atoms with E-state index < -0.39 is 20.0 Å². The van der Waals surface area contributed by atoms with Gasteiger partial charge < -0.3 is 48.7 Å². The zero-order valence-corrected chi connectivity index (χ0v) is 71.3. The Bertz CT molecular complexity index is 4500. The molecule has 3 aliphatic rings. The smallest absolute Gasteiger partial charge is 0.410 e. The number of aliphatic hydroxyl groups is 1. The molecule has 116 heavy (non-hydrogen) atoms. The first kappa shape index (κ1) is 90.8. The van der Waals surface area contributed by atoms with Crippen LogP contribution in [-0.2, 0) is 70.3 Å². The van der Waals surface area contributed by atoms with E-state index in [-0.39, 0.29) is 79.1 Å². The van der Waals surface area contributed by atoms with E-state index in [0.29, 0.717) is 42.5 Å². The Balaban J connectivity index is 0.000000201. The Morgan fingerprint density at radius 2 is 0.724 bits per heavy atom. The van der Waals surface area contributed by atoms with Crippen molar-refractivity contribution in [1.29, 1.82) is 0 Å². The van der Waals surface area contributed by atoms with Crippen molar-refractivity contribution in [3.8, 4) is 0 Å². The minimum absolute atomic E-state index is 0.0856. The topological polar surface area (TPSA) is 193 Å². The molecule has 8 aromatic rings. The van der Waals surface area contributed by atoms with E-state index in [0.717, 1.165) is 145 Å². The van der Waals surface area contributed by atoms with Crippen molar-refractivity contribution in [2.24, 2.45) is 0 Å². The van der Waals surface area contributed by atoms with Crippen LogP contribution in [0.15, 0.2) is 271 Å². The van der Waals surface area contributed by atoms with Gasteiger partial charge in [-0.25, -0.2) is 39.8 Å². The number of benzene rings is 7. The SMILES string of the molecule is C=CCN(C(=O)OCc1ccc(C)cc1)C1CCN(CCC(C)(CN(C)S(=O)(=O)c2ccccc2)c2ccccc2)CC1.C=CCN(C(=O)OCc1ccccc1)C1CCN(CCC(C)(CN(C)S(=O)(=O)c2ccccc2)c2ccsc2)CC1.C=CCN(C(=O)OCc1ccccc1)C1CCN(CCC(C)(CO)c2ccccc2)CC1. The number of carbonyl (C=O) groups is 3. The first-order valence-electron chi connectivity index (χ1n) is 40.6. The van der Waals surface area contributed by atoms with Gasteiger partial charge in [-0.05, 0) is 159 Å². The van der Waals surface area contributed by atoms with Crippen LogP contribution < -0.4 is 0 Å². The van der Waals surface area contributed by atoms with Crippen molar-refractivity contribution < 1.29 is 50.5 Å².